The summed E-state index contributed by atoms with van der Waals surface area (Å²) in [6.45, 7) is 0.382. The summed E-state index contributed by atoms with van der Waals surface area (Å²) in [5.74, 6) is 0.840. The molecule has 1 spiro atoms. The van der Waals surface area contributed by atoms with E-state index in [0.29, 0.717) is 25.8 Å². The summed E-state index contributed by atoms with van der Waals surface area (Å²) in [5.41, 5.74) is 1.47. The van der Waals surface area contributed by atoms with E-state index in [1.165, 1.54) is 11.1 Å². The number of carbonyl (C=O) groups is 1. The van der Waals surface area contributed by atoms with Gasteiger partial charge in [0.2, 0.25) is 0 Å². The number of benzene rings is 1. The molecule has 0 aromatic heterocycles. The van der Waals surface area contributed by atoms with Crippen LogP contribution < -0.4 is 10.1 Å². The van der Waals surface area contributed by atoms with Gasteiger partial charge in [-0.2, -0.15) is 0 Å². The highest BCUT2D eigenvalue weighted by Crippen LogP contribution is 2.57. The van der Waals surface area contributed by atoms with Crippen molar-refractivity contribution in [3.05, 3.63) is 29.3 Å². The fourth-order valence-corrected chi connectivity index (χ4v) is 4.63. The van der Waals surface area contributed by atoms with Crippen molar-refractivity contribution >= 4 is 6.09 Å². The molecule has 1 fully saturated rings. The highest BCUT2D eigenvalue weighted by Gasteiger charge is 2.57. The molecule has 0 heterocycles. The molecule has 3 N–H and O–H groups in total. The van der Waals surface area contributed by atoms with Gasteiger partial charge in [-0.05, 0) is 48.9 Å². The summed E-state index contributed by atoms with van der Waals surface area (Å²) >= 11 is 0. The standard InChI is InChI=1S/C18H25NO4/c1-23-14-6-5-13-12-18(22,9-4-10-19-16(20)21)17(15(13)11-14)7-2-3-8-17/h5-6,11,19,22H,2-4,7-10,12H2,1H3,(H,20,21). The average molecular weight is 319 g/mol. The van der Waals surface area contributed by atoms with Crippen molar-refractivity contribution < 1.29 is 19.7 Å². The number of nitrogens with one attached hydrogen (secondary N) is 1. The molecule has 126 valence electrons. The second-order valence-corrected chi connectivity index (χ2v) is 6.86. The molecule has 23 heavy (non-hydrogen) atoms. The molecule has 2 aliphatic carbocycles. The summed E-state index contributed by atoms with van der Waals surface area (Å²) in [7, 11) is 1.67. The Morgan fingerprint density at radius 2 is 2.09 bits per heavy atom. The van der Waals surface area contributed by atoms with Gasteiger partial charge < -0.3 is 20.3 Å². The largest absolute Gasteiger partial charge is 0.497 e. The molecule has 1 aromatic carbocycles. The number of ether oxygens (including phenoxy) is 1. The van der Waals surface area contributed by atoms with E-state index in [1.54, 1.807) is 7.11 Å². The minimum absolute atomic E-state index is 0.194. The van der Waals surface area contributed by atoms with Gasteiger partial charge in [-0.1, -0.05) is 18.9 Å². The molecule has 1 unspecified atom stereocenters. The Kier molecular flexibility index (Phi) is 4.23. The van der Waals surface area contributed by atoms with Crippen LogP contribution in [0.1, 0.15) is 49.7 Å². The number of methoxy groups -OCH3 is 1. The minimum atomic E-state index is -1.01. The van der Waals surface area contributed by atoms with Crippen molar-refractivity contribution in [2.45, 2.75) is 56.0 Å². The van der Waals surface area contributed by atoms with Gasteiger partial charge in [-0.3, -0.25) is 0 Å². The first-order chi connectivity index (χ1) is 11.0. The van der Waals surface area contributed by atoms with Gasteiger partial charge in [0.15, 0.2) is 0 Å². The summed E-state index contributed by atoms with van der Waals surface area (Å²) in [6.07, 6.45) is 5.16. The Morgan fingerprint density at radius 3 is 2.74 bits per heavy atom. The molecular formula is C18H25NO4. The van der Waals surface area contributed by atoms with Crippen LogP contribution in [0.5, 0.6) is 5.75 Å². The van der Waals surface area contributed by atoms with Crippen LogP contribution in [0, 0.1) is 0 Å². The van der Waals surface area contributed by atoms with Gasteiger partial charge >= 0.3 is 6.09 Å². The summed E-state index contributed by atoms with van der Waals surface area (Å²) < 4.78 is 5.38. The molecule has 1 amide bonds. The Bertz CT molecular complexity index is 595. The zero-order chi connectivity index (χ0) is 16.5. The third-order valence-electron chi connectivity index (χ3n) is 5.71. The van der Waals surface area contributed by atoms with Gasteiger partial charge in [0.25, 0.3) is 0 Å². The first-order valence-electron chi connectivity index (χ1n) is 8.37. The molecule has 2 aliphatic rings. The summed E-state index contributed by atoms with van der Waals surface area (Å²) in [6, 6.07) is 6.12. The van der Waals surface area contributed by atoms with E-state index in [1.807, 2.05) is 6.07 Å². The van der Waals surface area contributed by atoms with Gasteiger partial charge in [0.05, 0.1) is 12.7 Å². The number of carboxylic acid groups (broad SMARTS) is 1. The van der Waals surface area contributed by atoms with Gasteiger partial charge in [-0.25, -0.2) is 4.79 Å². The molecule has 0 radical (unpaired) electrons. The van der Waals surface area contributed by atoms with E-state index in [9.17, 15) is 9.90 Å². The Morgan fingerprint density at radius 1 is 1.35 bits per heavy atom. The predicted molar refractivity (Wildman–Crippen MR) is 87.1 cm³/mol. The lowest BCUT2D eigenvalue weighted by atomic mass is 9.68. The van der Waals surface area contributed by atoms with Crippen molar-refractivity contribution in [2.24, 2.45) is 0 Å². The second-order valence-electron chi connectivity index (χ2n) is 6.86. The second kappa shape index (κ2) is 6.04. The number of rotatable bonds is 5. The maximum atomic E-state index is 11.5. The molecule has 1 atom stereocenters. The maximum Gasteiger partial charge on any atom is 0.404 e. The zero-order valence-corrected chi connectivity index (χ0v) is 13.6. The molecule has 3 rings (SSSR count). The van der Waals surface area contributed by atoms with Gasteiger partial charge in [0.1, 0.15) is 5.75 Å². The van der Waals surface area contributed by atoms with Crippen LogP contribution in [0.25, 0.3) is 0 Å². The monoisotopic (exact) mass is 319 g/mol. The lowest BCUT2D eigenvalue weighted by Gasteiger charge is -2.40. The fourth-order valence-electron chi connectivity index (χ4n) is 4.63. The highest BCUT2D eigenvalue weighted by atomic mass is 16.5. The molecule has 1 saturated carbocycles. The van der Waals surface area contributed by atoms with Crippen LogP contribution in [-0.2, 0) is 11.8 Å². The molecular weight excluding hydrogens is 294 g/mol. The summed E-state index contributed by atoms with van der Waals surface area (Å²) in [5, 5.41) is 22.6. The van der Waals surface area contributed by atoms with E-state index in [-0.39, 0.29) is 5.41 Å². The number of fused-ring (bicyclic) bond motifs is 2. The fraction of sp³-hybridized carbons (Fsp3) is 0.611. The third kappa shape index (κ3) is 2.67. The topological polar surface area (TPSA) is 78.8 Å². The Hall–Kier alpha value is -1.75. The van der Waals surface area contributed by atoms with E-state index in [4.69, 9.17) is 9.84 Å². The lowest BCUT2D eigenvalue weighted by Crippen LogP contribution is -2.47. The molecule has 5 heteroatoms. The first-order valence-corrected chi connectivity index (χ1v) is 8.37. The van der Waals surface area contributed by atoms with E-state index in [2.05, 4.69) is 17.4 Å². The average Bonchev–Trinajstić information content (AvgIpc) is 3.10. The van der Waals surface area contributed by atoms with E-state index < -0.39 is 11.7 Å². The number of aliphatic hydroxyl groups is 1. The maximum absolute atomic E-state index is 11.5. The van der Waals surface area contributed by atoms with Crippen molar-refractivity contribution in [1.82, 2.24) is 5.32 Å². The van der Waals surface area contributed by atoms with Crippen molar-refractivity contribution in [3.8, 4) is 5.75 Å². The minimum Gasteiger partial charge on any atom is -0.497 e. The highest BCUT2D eigenvalue weighted by molar-refractivity contribution is 5.64. The quantitative estimate of drug-likeness (QED) is 0.729. The molecule has 0 aliphatic heterocycles. The Balaban J connectivity index is 1.85. The molecule has 5 nitrogen and oxygen atoms in total. The normalized spacial score (nSPS) is 24.6. The van der Waals surface area contributed by atoms with E-state index in [0.717, 1.165) is 31.4 Å². The smallest absolute Gasteiger partial charge is 0.404 e. The van der Waals surface area contributed by atoms with Crippen molar-refractivity contribution in [3.63, 3.8) is 0 Å². The predicted octanol–water partition coefficient (Wildman–Crippen LogP) is 2.84. The third-order valence-corrected chi connectivity index (χ3v) is 5.71. The molecule has 0 bridgehead atoms. The molecule has 1 aromatic rings. The number of hydrogen-bond acceptors (Lipinski definition) is 3. The van der Waals surface area contributed by atoms with Crippen LogP contribution in [0.4, 0.5) is 4.79 Å². The van der Waals surface area contributed by atoms with Gasteiger partial charge in [-0.15, -0.1) is 0 Å². The zero-order valence-electron chi connectivity index (χ0n) is 13.6. The lowest BCUT2D eigenvalue weighted by molar-refractivity contribution is -0.0341. The van der Waals surface area contributed by atoms with Gasteiger partial charge in [0, 0.05) is 18.4 Å². The SMILES string of the molecule is COc1ccc2c(c1)C1(CCCC1)C(O)(CCCNC(=O)O)C2. The van der Waals surface area contributed by atoms with E-state index >= 15 is 0 Å². The Labute approximate surface area is 136 Å². The first kappa shape index (κ1) is 16.1. The van der Waals surface area contributed by atoms with Crippen LogP contribution in [0.15, 0.2) is 18.2 Å². The van der Waals surface area contributed by atoms with Crippen LogP contribution in [0.2, 0.25) is 0 Å². The van der Waals surface area contributed by atoms with Crippen molar-refractivity contribution in [2.75, 3.05) is 13.7 Å². The van der Waals surface area contributed by atoms with Crippen LogP contribution in [0.3, 0.4) is 0 Å². The van der Waals surface area contributed by atoms with Crippen LogP contribution in [-0.4, -0.2) is 35.6 Å². The van der Waals surface area contributed by atoms with Crippen LogP contribution >= 0.6 is 0 Å². The molecule has 0 saturated heterocycles. The number of amides is 1. The summed E-state index contributed by atoms with van der Waals surface area (Å²) in [4.78, 5) is 10.6. The number of hydrogen-bond donors (Lipinski definition) is 3. The van der Waals surface area contributed by atoms with Crippen molar-refractivity contribution in [1.29, 1.82) is 0 Å².